The molecule has 1 amide bonds. The Morgan fingerprint density at radius 2 is 2.25 bits per heavy atom. The van der Waals surface area contributed by atoms with Gasteiger partial charge in [0.1, 0.15) is 0 Å². The average molecular weight is 329 g/mol. The van der Waals surface area contributed by atoms with Gasteiger partial charge < -0.3 is 4.90 Å². The molecular formula is C13H16INO. The summed E-state index contributed by atoms with van der Waals surface area (Å²) in [6, 6.07) is 8.35. The maximum Gasteiger partial charge on any atom is 0.254 e. The zero-order chi connectivity index (χ0) is 11.5. The minimum Gasteiger partial charge on any atom is -0.336 e. The second kappa shape index (κ2) is 5.17. The largest absolute Gasteiger partial charge is 0.336 e. The number of amides is 1. The lowest BCUT2D eigenvalue weighted by Gasteiger charge is -2.21. The van der Waals surface area contributed by atoms with Crippen LogP contribution in [0, 0.1) is 3.57 Å². The molecule has 0 atom stereocenters. The van der Waals surface area contributed by atoms with Gasteiger partial charge in [-0.15, -0.1) is 0 Å². The highest BCUT2D eigenvalue weighted by atomic mass is 127. The minimum absolute atomic E-state index is 0.197. The van der Waals surface area contributed by atoms with Crippen molar-refractivity contribution in [2.24, 2.45) is 0 Å². The molecule has 0 unspecified atom stereocenters. The van der Waals surface area contributed by atoms with E-state index in [4.69, 9.17) is 0 Å². The molecule has 2 nitrogen and oxygen atoms in total. The summed E-state index contributed by atoms with van der Waals surface area (Å²) in [6.07, 6.45) is 3.39. The second-order valence-electron chi connectivity index (χ2n) is 4.24. The van der Waals surface area contributed by atoms with Gasteiger partial charge in [0.15, 0.2) is 0 Å². The van der Waals surface area contributed by atoms with E-state index in [9.17, 15) is 4.79 Å². The molecule has 0 saturated heterocycles. The Morgan fingerprint density at radius 3 is 2.81 bits per heavy atom. The van der Waals surface area contributed by atoms with Gasteiger partial charge in [0.05, 0.1) is 0 Å². The predicted octanol–water partition coefficient (Wildman–Crippen LogP) is 3.31. The van der Waals surface area contributed by atoms with E-state index in [1.54, 1.807) is 0 Å². The van der Waals surface area contributed by atoms with Crippen LogP contribution in [0.3, 0.4) is 0 Å². The molecule has 0 heterocycles. The fraction of sp³-hybridized carbons (Fsp3) is 0.462. The van der Waals surface area contributed by atoms with Gasteiger partial charge in [-0.2, -0.15) is 0 Å². The number of carbonyl (C=O) groups excluding carboxylic acids is 1. The number of halogens is 1. The van der Waals surface area contributed by atoms with Gasteiger partial charge in [0, 0.05) is 21.7 Å². The summed E-state index contributed by atoms with van der Waals surface area (Å²) in [5.41, 5.74) is 0.826. The van der Waals surface area contributed by atoms with Crippen molar-refractivity contribution in [1.29, 1.82) is 0 Å². The third kappa shape index (κ3) is 2.75. The highest BCUT2D eigenvalue weighted by Gasteiger charge is 2.32. The lowest BCUT2D eigenvalue weighted by atomic mass is 10.2. The molecule has 1 aliphatic carbocycles. The van der Waals surface area contributed by atoms with Crippen LogP contribution in [0.25, 0.3) is 0 Å². The van der Waals surface area contributed by atoms with Crippen LogP contribution in [0.15, 0.2) is 24.3 Å². The zero-order valence-electron chi connectivity index (χ0n) is 9.45. The quantitative estimate of drug-likeness (QED) is 0.776. The summed E-state index contributed by atoms with van der Waals surface area (Å²) in [7, 11) is 0. The van der Waals surface area contributed by atoms with Crippen molar-refractivity contribution < 1.29 is 4.79 Å². The fourth-order valence-electron chi connectivity index (χ4n) is 1.86. The van der Waals surface area contributed by atoms with Crippen molar-refractivity contribution >= 4 is 28.5 Å². The third-order valence-electron chi connectivity index (χ3n) is 2.78. The molecule has 0 aromatic heterocycles. The first-order chi connectivity index (χ1) is 7.72. The highest BCUT2D eigenvalue weighted by molar-refractivity contribution is 14.1. The smallest absolute Gasteiger partial charge is 0.254 e. The van der Waals surface area contributed by atoms with Crippen LogP contribution in [-0.2, 0) is 0 Å². The lowest BCUT2D eigenvalue weighted by Crippen LogP contribution is -2.33. The summed E-state index contributed by atoms with van der Waals surface area (Å²) in [5.74, 6) is 0.197. The van der Waals surface area contributed by atoms with Gasteiger partial charge in [-0.05, 0) is 60.1 Å². The van der Waals surface area contributed by atoms with E-state index in [0.29, 0.717) is 6.04 Å². The second-order valence-corrected chi connectivity index (χ2v) is 5.49. The van der Waals surface area contributed by atoms with Crippen molar-refractivity contribution in [1.82, 2.24) is 4.90 Å². The van der Waals surface area contributed by atoms with E-state index in [2.05, 4.69) is 29.5 Å². The molecule has 0 radical (unpaired) electrons. The van der Waals surface area contributed by atoms with Crippen molar-refractivity contribution in [3.8, 4) is 0 Å². The molecule has 3 heteroatoms. The number of rotatable bonds is 4. The van der Waals surface area contributed by atoms with Crippen molar-refractivity contribution in [2.45, 2.75) is 32.2 Å². The van der Waals surface area contributed by atoms with Crippen molar-refractivity contribution in [3.05, 3.63) is 33.4 Å². The summed E-state index contributed by atoms with van der Waals surface area (Å²) in [4.78, 5) is 14.3. The Morgan fingerprint density at radius 1 is 1.50 bits per heavy atom. The summed E-state index contributed by atoms with van der Waals surface area (Å²) in [6.45, 7) is 3.01. The third-order valence-corrected chi connectivity index (χ3v) is 3.46. The number of benzene rings is 1. The van der Waals surface area contributed by atoms with Crippen molar-refractivity contribution in [2.75, 3.05) is 6.54 Å². The van der Waals surface area contributed by atoms with E-state index >= 15 is 0 Å². The molecule has 1 aromatic carbocycles. The van der Waals surface area contributed by atoms with Gasteiger partial charge in [0.25, 0.3) is 5.91 Å². The summed E-state index contributed by atoms with van der Waals surface area (Å²) < 4.78 is 1.12. The Balaban J connectivity index is 2.15. The Bertz CT molecular complexity index is 387. The SMILES string of the molecule is CCCN(C(=O)c1cccc(I)c1)C1CC1. The fourth-order valence-corrected chi connectivity index (χ4v) is 2.41. The van der Waals surface area contributed by atoms with Crippen LogP contribution in [0.1, 0.15) is 36.5 Å². The van der Waals surface area contributed by atoms with E-state index in [1.807, 2.05) is 29.2 Å². The van der Waals surface area contributed by atoms with Gasteiger partial charge in [0.2, 0.25) is 0 Å². The topological polar surface area (TPSA) is 20.3 Å². The first-order valence-corrected chi connectivity index (χ1v) is 6.86. The standard InChI is InChI=1S/C13H16INO/c1-2-8-15(12-6-7-12)13(16)10-4-3-5-11(14)9-10/h3-5,9,12H,2,6-8H2,1H3. The maximum atomic E-state index is 12.3. The Labute approximate surface area is 110 Å². The van der Waals surface area contributed by atoms with Crippen LogP contribution in [-0.4, -0.2) is 23.4 Å². The molecule has 16 heavy (non-hydrogen) atoms. The summed E-state index contributed by atoms with van der Waals surface area (Å²) in [5, 5.41) is 0. The van der Waals surface area contributed by atoms with Crippen LogP contribution in [0.5, 0.6) is 0 Å². The highest BCUT2D eigenvalue weighted by Crippen LogP contribution is 2.28. The summed E-state index contributed by atoms with van der Waals surface area (Å²) >= 11 is 2.25. The average Bonchev–Trinajstić information content (AvgIpc) is 3.09. The van der Waals surface area contributed by atoms with E-state index in [0.717, 1.165) is 22.1 Å². The molecule has 1 saturated carbocycles. The lowest BCUT2D eigenvalue weighted by molar-refractivity contribution is 0.0743. The Kier molecular flexibility index (Phi) is 3.84. The zero-order valence-corrected chi connectivity index (χ0v) is 11.6. The first-order valence-electron chi connectivity index (χ1n) is 5.79. The van der Waals surface area contributed by atoms with Gasteiger partial charge >= 0.3 is 0 Å². The molecule has 0 bridgehead atoms. The normalized spacial score (nSPS) is 14.9. The molecule has 0 spiro atoms. The predicted molar refractivity (Wildman–Crippen MR) is 73.5 cm³/mol. The number of hydrogen-bond acceptors (Lipinski definition) is 1. The van der Waals surface area contributed by atoms with Crippen LogP contribution >= 0.6 is 22.6 Å². The van der Waals surface area contributed by atoms with Gasteiger partial charge in [-0.25, -0.2) is 0 Å². The number of nitrogens with zero attached hydrogens (tertiary/aromatic N) is 1. The van der Waals surface area contributed by atoms with Crippen LogP contribution in [0.2, 0.25) is 0 Å². The van der Waals surface area contributed by atoms with Gasteiger partial charge in [-0.3, -0.25) is 4.79 Å². The monoisotopic (exact) mass is 329 g/mol. The molecule has 86 valence electrons. The van der Waals surface area contributed by atoms with Crippen molar-refractivity contribution in [3.63, 3.8) is 0 Å². The molecule has 0 N–H and O–H groups in total. The molecular weight excluding hydrogens is 313 g/mol. The van der Waals surface area contributed by atoms with Crippen LogP contribution in [0.4, 0.5) is 0 Å². The Hall–Kier alpha value is -0.580. The first kappa shape index (κ1) is 11.9. The molecule has 1 fully saturated rings. The molecule has 0 aliphatic heterocycles. The van der Waals surface area contributed by atoms with E-state index < -0.39 is 0 Å². The maximum absolute atomic E-state index is 12.3. The molecule has 1 aliphatic rings. The van der Waals surface area contributed by atoms with Gasteiger partial charge in [-0.1, -0.05) is 13.0 Å². The van der Waals surface area contributed by atoms with Crippen LogP contribution < -0.4 is 0 Å². The molecule has 2 rings (SSSR count). The molecule has 1 aromatic rings. The minimum atomic E-state index is 0.197. The van der Waals surface area contributed by atoms with E-state index in [-0.39, 0.29) is 5.91 Å². The van der Waals surface area contributed by atoms with E-state index in [1.165, 1.54) is 12.8 Å². The number of hydrogen-bond donors (Lipinski definition) is 0. The number of carbonyl (C=O) groups is 1.